The minimum atomic E-state index is -0.907. The van der Waals surface area contributed by atoms with Gasteiger partial charge in [-0.2, -0.15) is 0 Å². The summed E-state index contributed by atoms with van der Waals surface area (Å²) in [5.74, 6) is -0.836. The van der Waals surface area contributed by atoms with Crippen molar-refractivity contribution in [1.82, 2.24) is 0 Å². The van der Waals surface area contributed by atoms with Gasteiger partial charge in [0.25, 0.3) is 0 Å². The fourth-order valence-electron chi connectivity index (χ4n) is 1.74. The van der Waals surface area contributed by atoms with Gasteiger partial charge >= 0.3 is 5.97 Å². The first kappa shape index (κ1) is 9.40. The van der Waals surface area contributed by atoms with E-state index in [2.05, 4.69) is 0 Å². The Bertz CT molecular complexity index is 397. The molecule has 2 rings (SSSR count). The zero-order chi connectivity index (χ0) is 10.3. The second-order valence-electron chi connectivity index (χ2n) is 3.69. The second-order valence-corrected chi connectivity index (χ2v) is 4.98. The summed E-state index contributed by atoms with van der Waals surface area (Å²) in [7, 11) is 0. The first-order valence-electron chi connectivity index (χ1n) is 4.37. The van der Waals surface area contributed by atoms with Crippen LogP contribution in [0.5, 0.6) is 0 Å². The summed E-state index contributed by atoms with van der Waals surface area (Å²) < 4.78 is 0. The van der Waals surface area contributed by atoms with E-state index in [9.17, 15) is 9.59 Å². The average molecular weight is 210 g/mol. The van der Waals surface area contributed by atoms with Crippen LogP contribution in [0, 0.1) is 6.92 Å². The summed E-state index contributed by atoms with van der Waals surface area (Å²) in [6.07, 6.45) is 0.310. The molecule has 4 heteroatoms. The maximum atomic E-state index is 11.1. The number of rotatable bonds is 2. The van der Waals surface area contributed by atoms with E-state index in [0.717, 1.165) is 9.75 Å². The zero-order valence-corrected chi connectivity index (χ0v) is 8.56. The lowest BCUT2D eigenvalue weighted by Crippen LogP contribution is -2.47. The molecule has 1 aromatic heterocycles. The molecule has 74 valence electrons. The molecular weight excluding hydrogens is 200 g/mol. The normalized spacial score (nSPS) is 19.1. The molecular formula is C10H10O3S. The lowest BCUT2D eigenvalue weighted by molar-refractivity contribution is -0.153. The summed E-state index contributed by atoms with van der Waals surface area (Å²) in [5, 5.41) is 9.12. The number of aliphatic carboxylic acids is 1. The van der Waals surface area contributed by atoms with Crippen molar-refractivity contribution in [2.75, 3.05) is 0 Å². The lowest BCUT2D eigenvalue weighted by Gasteiger charge is -2.35. The van der Waals surface area contributed by atoms with Gasteiger partial charge in [0.2, 0.25) is 0 Å². The van der Waals surface area contributed by atoms with Crippen LogP contribution in [0.3, 0.4) is 0 Å². The first-order valence-corrected chi connectivity index (χ1v) is 5.18. The monoisotopic (exact) mass is 210 g/mol. The van der Waals surface area contributed by atoms with Crippen LogP contribution in [0.1, 0.15) is 22.6 Å². The fourth-order valence-corrected chi connectivity index (χ4v) is 2.79. The van der Waals surface area contributed by atoms with Crippen molar-refractivity contribution in [3.05, 3.63) is 21.9 Å². The van der Waals surface area contributed by atoms with E-state index in [0.29, 0.717) is 0 Å². The number of carbonyl (C=O) groups is 2. The molecule has 0 bridgehead atoms. The van der Waals surface area contributed by atoms with Crippen LogP contribution in [0.15, 0.2) is 12.1 Å². The van der Waals surface area contributed by atoms with E-state index in [1.807, 2.05) is 19.1 Å². The molecule has 0 spiro atoms. The van der Waals surface area contributed by atoms with E-state index in [1.54, 1.807) is 0 Å². The first-order chi connectivity index (χ1) is 6.54. The molecule has 1 aromatic rings. The van der Waals surface area contributed by atoms with Crippen molar-refractivity contribution in [1.29, 1.82) is 0 Å². The third-order valence-electron chi connectivity index (χ3n) is 2.62. The van der Waals surface area contributed by atoms with Gasteiger partial charge in [-0.3, -0.25) is 9.59 Å². The Morgan fingerprint density at radius 2 is 2.14 bits per heavy atom. The molecule has 0 unspecified atom stereocenters. The molecule has 0 amide bonds. The summed E-state index contributed by atoms with van der Waals surface area (Å²) in [4.78, 5) is 23.9. The van der Waals surface area contributed by atoms with Gasteiger partial charge in [-0.05, 0) is 19.1 Å². The molecule has 1 aliphatic rings. The maximum absolute atomic E-state index is 11.1. The minimum Gasteiger partial charge on any atom is -0.481 e. The highest BCUT2D eigenvalue weighted by atomic mass is 32.1. The SMILES string of the molecule is Cc1ccc(C2(C(=O)O)CC(=O)C2)s1. The van der Waals surface area contributed by atoms with E-state index in [1.165, 1.54) is 11.3 Å². The van der Waals surface area contributed by atoms with Gasteiger partial charge in [-0.1, -0.05) is 0 Å². The molecule has 0 saturated heterocycles. The van der Waals surface area contributed by atoms with Gasteiger partial charge in [0.05, 0.1) is 0 Å². The number of carboxylic acids is 1. The van der Waals surface area contributed by atoms with Crippen molar-refractivity contribution in [3.8, 4) is 0 Å². The Morgan fingerprint density at radius 3 is 2.50 bits per heavy atom. The topological polar surface area (TPSA) is 54.4 Å². The van der Waals surface area contributed by atoms with Crippen molar-refractivity contribution < 1.29 is 14.7 Å². The molecule has 0 atom stereocenters. The van der Waals surface area contributed by atoms with Crippen LogP contribution in [-0.4, -0.2) is 16.9 Å². The van der Waals surface area contributed by atoms with E-state index in [4.69, 9.17) is 5.11 Å². The quantitative estimate of drug-likeness (QED) is 0.809. The number of hydrogen-bond donors (Lipinski definition) is 1. The molecule has 1 N–H and O–H groups in total. The maximum Gasteiger partial charge on any atom is 0.315 e. The van der Waals surface area contributed by atoms with Gasteiger partial charge < -0.3 is 5.11 Å². The van der Waals surface area contributed by atoms with Gasteiger partial charge in [0.1, 0.15) is 11.2 Å². The smallest absolute Gasteiger partial charge is 0.315 e. The van der Waals surface area contributed by atoms with Crippen molar-refractivity contribution in [2.24, 2.45) is 0 Å². The van der Waals surface area contributed by atoms with Crippen LogP contribution in [0.4, 0.5) is 0 Å². The predicted octanol–water partition coefficient (Wildman–Crippen LogP) is 1.74. The number of carbonyl (C=O) groups excluding carboxylic acids is 1. The average Bonchev–Trinajstić information content (AvgIpc) is 2.45. The highest BCUT2D eigenvalue weighted by Gasteiger charge is 2.52. The largest absolute Gasteiger partial charge is 0.481 e. The Labute approximate surface area is 85.4 Å². The lowest BCUT2D eigenvalue weighted by atomic mass is 9.67. The Morgan fingerprint density at radius 1 is 1.50 bits per heavy atom. The van der Waals surface area contributed by atoms with Crippen LogP contribution in [-0.2, 0) is 15.0 Å². The van der Waals surface area contributed by atoms with Crippen LogP contribution in [0.25, 0.3) is 0 Å². The molecule has 3 nitrogen and oxygen atoms in total. The molecule has 1 fully saturated rings. The Kier molecular flexibility index (Phi) is 1.96. The fraction of sp³-hybridized carbons (Fsp3) is 0.400. The number of aryl methyl sites for hydroxylation is 1. The second kappa shape index (κ2) is 2.92. The highest BCUT2D eigenvalue weighted by Crippen LogP contribution is 2.44. The van der Waals surface area contributed by atoms with Crippen molar-refractivity contribution >= 4 is 23.1 Å². The van der Waals surface area contributed by atoms with E-state index < -0.39 is 11.4 Å². The van der Waals surface area contributed by atoms with Gasteiger partial charge in [0.15, 0.2) is 0 Å². The van der Waals surface area contributed by atoms with E-state index in [-0.39, 0.29) is 18.6 Å². The third kappa shape index (κ3) is 1.18. The Balaban J connectivity index is 2.38. The number of carboxylic acid groups (broad SMARTS) is 1. The molecule has 0 radical (unpaired) electrons. The van der Waals surface area contributed by atoms with Crippen molar-refractivity contribution in [2.45, 2.75) is 25.2 Å². The third-order valence-corrected chi connectivity index (χ3v) is 3.82. The number of ketones is 1. The van der Waals surface area contributed by atoms with Crippen LogP contribution in [0.2, 0.25) is 0 Å². The van der Waals surface area contributed by atoms with Crippen molar-refractivity contribution in [3.63, 3.8) is 0 Å². The summed E-state index contributed by atoms with van der Waals surface area (Å²) in [6, 6.07) is 3.72. The standard InChI is InChI=1S/C10H10O3S/c1-6-2-3-8(14-6)10(9(12)13)4-7(11)5-10/h2-3H,4-5H2,1H3,(H,12,13). The predicted molar refractivity (Wildman–Crippen MR) is 52.6 cm³/mol. The summed E-state index contributed by atoms with van der Waals surface area (Å²) in [5.41, 5.74) is -0.907. The Hall–Kier alpha value is -1.16. The molecule has 14 heavy (non-hydrogen) atoms. The number of hydrogen-bond acceptors (Lipinski definition) is 3. The molecule has 1 heterocycles. The van der Waals surface area contributed by atoms with Gasteiger partial charge in [-0.15, -0.1) is 11.3 Å². The van der Waals surface area contributed by atoms with E-state index >= 15 is 0 Å². The van der Waals surface area contributed by atoms with Gasteiger partial charge in [-0.25, -0.2) is 0 Å². The van der Waals surface area contributed by atoms with Gasteiger partial charge in [0, 0.05) is 22.6 Å². The van der Waals surface area contributed by atoms with Crippen LogP contribution < -0.4 is 0 Å². The number of Topliss-reactive ketones (excluding diaryl/α,β-unsaturated/α-hetero) is 1. The summed E-state index contributed by atoms with van der Waals surface area (Å²) in [6.45, 7) is 1.93. The zero-order valence-electron chi connectivity index (χ0n) is 7.74. The molecule has 1 aliphatic carbocycles. The highest BCUT2D eigenvalue weighted by molar-refractivity contribution is 7.12. The summed E-state index contributed by atoms with van der Waals surface area (Å²) >= 11 is 1.47. The minimum absolute atomic E-state index is 0.0402. The van der Waals surface area contributed by atoms with Crippen LogP contribution >= 0.6 is 11.3 Å². The molecule has 1 saturated carbocycles. The molecule has 0 aromatic carbocycles. The molecule has 0 aliphatic heterocycles. The number of thiophene rings is 1.